The van der Waals surface area contributed by atoms with Crippen LogP contribution in [0.5, 0.6) is 0 Å². The van der Waals surface area contributed by atoms with Gasteiger partial charge in [0.15, 0.2) is 0 Å². The van der Waals surface area contributed by atoms with E-state index in [9.17, 15) is 4.79 Å². The van der Waals surface area contributed by atoms with E-state index in [1.165, 1.54) is 12.1 Å². The average Bonchev–Trinajstić information content (AvgIpc) is 2.02. The molecule has 1 aromatic rings. The van der Waals surface area contributed by atoms with Crippen LogP contribution in [0.25, 0.3) is 0 Å². The number of nitrogen functional groups attached to an aromatic ring is 1. The number of anilines is 1. The molecule has 3 N–H and O–H groups in total. The third kappa shape index (κ3) is 1.71. The number of hydrogen-bond donors (Lipinski definition) is 2. The number of hydrogen-bond acceptors (Lipinski definition) is 3. The van der Waals surface area contributed by atoms with E-state index in [4.69, 9.17) is 27.7 Å². The number of nitrogens with two attached hydrogens (primary N) is 1. The molecule has 66 valence electrons. The van der Waals surface area contributed by atoms with Crippen molar-refractivity contribution in [2.24, 2.45) is 0 Å². The van der Waals surface area contributed by atoms with Crippen LogP contribution < -0.4 is 5.73 Å². The number of carboxylic acids is 1. The molecule has 13 heavy (non-hydrogen) atoms. The molecule has 0 amide bonds. The lowest BCUT2D eigenvalue weighted by Gasteiger charge is -2.02. The van der Waals surface area contributed by atoms with Crippen LogP contribution in [0.15, 0.2) is 12.1 Å². The number of nitrogens with zero attached hydrogens (tertiary/aromatic N) is 1. The Morgan fingerprint density at radius 1 is 1.62 bits per heavy atom. The topological polar surface area (TPSA) is 87.1 Å². The van der Waals surface area contributed by atoms with Gasteiger partial charge in [-0.2, -0.15) is 5.26 Å². The summed E-state index contributed by atoms with van der Waals surface area (Å²) in [6, 6.07) is 4.24. The molecule has 0 saturated heterocycles. The first-order valence-electron chi connectivity index (χ1n) is 3.28. The van der Waals surface area contributed by atoms with Crippen LogP contribution in [0, 0.1) is 11.3 Å². The van der Waals surface area contributed by atoms with E-state index in [2.05, 4.69) is 0 Å². The van der Waals surface area contributed by atoms with Crippen LogP contribution >= 0.6 is 11.6 Å². The number of carbonyl (C=O) groups is 1. The summed E-state index contributed by atoms with van der Waals surface area (Å²) in [5.41, 5.74) is 5.24. The fourth-order valence-electron chi connectivity index (χ4n) is 0.921. The lowest BCUT2D eigenvalue weighted by Crippen LogP contribution is -2.03. The summed E-state index contributed by atoms with van der Waals surface area (Å²) in [7, 11) is 0. The van der Waals surface area contributed by atoms with Gasteiger partial charge in [-0.05, 0) is 12.1 Å². The summed E-state index contributed by atoms with van der Waals surface area (Å²) in [5.74, 6) is -1.22. The van der Waals surface area contributed by atoms with E-state index < -0.39 is 5.97 Å². The minimum atomic E-state index is -1.22. The predicted octanol–water partition coefficient (Wildman–Crippen LogP) is 1.49. The van der Waals surface area contributed by atoms with E-state index in [0.717, 1.165) is 0 Å². The van der Waals surface area contributed by atoms with Gasteiger partial charge in [0.1, 0.15) is 6.07 Å². The molecule has 0 unspecified atom stereocenters. The molecule has 0 saturated carbocycles. The Kier molecular flexibility index (Phi) is 2.40. The highest BCUT2D eigenvalue weighted by Crippen LogP contribution is 2.22. The molecule has 4 nitrogen and oxygen atoms in total. The lowest BCUT2D eigenvalue weighted by atomic mass is 10.1. The van der Waals surface area contributed by atoms with E-state index in [0.29, 0.717) is 0 Å². The first-order valence-corrected chi connectivity index (χ1v) is 3.66. The minimum Gasteiger partial charge on any atom is -0.478 e. The zero-order chi connectivity index (χ0) is 10.0. The third-order valence-electron chi connectivity index (χ3n) is 1.48. The molecule has 0 heterocycles. The molecule has 5 heteroatoms. The quantitative estimate of drug-likeness (QED) is 0.667. The third-order valence-corrected chi connectivity index (χ3v) is 1.69. The second kappa shape index (κ2) is 3.33. The Morgan fingerprint density at radius 3 is 2.69 bits per heavy atom. The minimum absolute atomic E-state index is 0.0584. The van der Waals surface area contributed by atoms with E-state index in [-0.39, 0.29) is 21.8 Å². The van der Waals surface area contributed by atoms with Crippen molar-refractivity contribution in [1.82, 2.24) is 0 Å². The summed E-state index contributed by atoms with van der Waals surface area (Å²) in [6.45, 7) is 0. The molecule has 1 aromatic carbocycles. The molecule has 0 fully saturated rings. The van der Waals surface area contributed by atoms with Gasteiger partial charge in [0.05, 0.1) is 16.8 Å². The molecule has 0 atom stereocenters. The fourth-order valence-corrected chi connectivity index (χ4v) is 1.15. The summed E-state index contributed by atoms with van der Waals surface area (Å²) in [5, 5.41) is 17.5. The smallest absolute Gasteiger partial charge is 0.337 e. The van der Waals surface area contributed by atoms with Crippen LogP contribution in [0.1, 0.15) is 15.9 Å². The predicted molar refractivity (Wildman–Crippen MR) is 47.5 cm³/mol. The fraction of sp³-hybridized carbons (Fsp3) is 0. The van der Waals surface area contributed by atoms with E-state index in [1.54, 1.807) is 6.07 Å². The second-order valence-electron chi connectivity index (χ2n) is 2.33. The van der Waals surface area contributed by atoms with Crippen LogP contribution in [-0.2, 0) is 0 Å². The van der Waals surface area contributed by atoms with Gasteiger partial charge >= 0.3 is 5.97 Å². The Hall–Kier alpha value is -1.73. The van der Waals surface area contributed by atoms with Crippen LogP contribution in [0.2, 0.25) is 5.02 Å². The molecule has 0 spiro atoms. The van der Waals surface area contributed by atoms with E-state index >= 15 is 0 Å². The maximum absolute atomic E-state index is 10.6. The highest BCUT2D eigenvalue weighted by Gasteiger charge is 2.13. The van der Waals surface area contributed by atoms with Crippen molar-refractivity contribution in [3.63, 3.8) is 0 Å². The van der Waals surface area contributed by atoms with Gasteiger partial charge in [-0.15, -0.1) is 0 Å². The lowest BCUT2D eigenvalue weighted by molar-refractivity contribution is 0.0696. The second-order valence-corrected chi connectivity index (χ2v) is 2.77. The molecule has 0 bridgehead atoms. The van der Waals surface area contributed by atoms with Gasteiger partial charge in [-0.3, -0.25) is 0 Å². The number of nitriles is 1. The molecule has 0 radical (unpaired) electrons. The molecular formula is C8H5ClN2O2. The Morgan fingerprint density at radius 2 is 2.23 bits per heavy atom. The Balaban J connectivity index is 3.50. The largest absolute Gasteiger partial charge is 0.478 e. The summed E-state index contributed by atoms with van der Waals surface area (Å²) in [6.07, 6.45) is 0. The normalized spacial score (nSPS) is 9.23. The number of benzene rings is 1. The van der Waals surface area contributed by atoms with Gasteiger partial charge in [-0.25, -0.2) is 4.79 Å². The Labute approximate surface area is 79.2 Å². The van der Waals surface area contributed by atoms with Gasteiger partial charge in [0.2, 0.25) is 0 Å². The average molecular weight is 197 g/mol. The van der Waals surface area contributed by atoms with Crippen molar-refractivity contribution in [2.45, 2.75) is 0 Å². The SMILES string of the molecule is N#Cc1c(N)cc(Cl)cc1C(=O)O. The van der Waals surface area contributed by atoms with Crippen LogP contribution in [-0.4, -0.2) is 11.1 Å². The number of aromatic carboxylic acids is 1. The summed E-state index contributed by atoms with van der Waals surface area (Å²) in [4.78, 5) is 10.6. The zero-order valence-electron chi connectivity index (χ0n) is 6.41. The van der Waals surface area contributed by atoms with Gasteiger partial charge in [0, 0.05) is 5.02 Å². The van der Waals surface area contributed by atoms with Crippen LogP contribution in [0.3, 0.4) is 0 Å². The van der Waals surface area contributed by atoms with Crippen molar-refractivity contribution in [3.05, 3.63) is 28.3 Å². The molecule has 1 rings (SSSR count). The van der Waals surface area contributed by atoms with Crippen LogP contribution in [0.4, 0.5) is 5.69 Å². The molecule has 0 aliphatic carbocycles. The van der Waals surface area contributed by atoms with E-state index in [1.807, 2.05) is 0 Å². The summed E-state index contributed by atoms with van der Waals surface area (Å²) >= 11 is 5.57. The van der Waals surface area contributed by atoms with Crippen molar-refractivity contribution in [1.29, 1.82) is 5.26 Å². The highest BCUT2D eigenvalue weighted by molar-refractivity contribution is 6.31. The van der Waals surface area contributed by atoms with Gasteiger partial charge in [-0.1, -0.05) is 11.6 Å². The number of carboxylic acid groups (broad SMARTS) is 1. The van der Waals surface area contributed by atoms with Gasteiger partial charge < -0.3 is 10.8 Å². The Bertz CT molecular complexity index is 409. The van der Waals surface area contributed by atoms with Crippen molar-refractivity contribution < 1.29 is 9.90 Å². The first kappa shape index (κ1) is 9.36. The van der Waals surface area contributed by atoms with Crippen molar-refractivity contribution >= 4 is 23.3 Å². The number of halogens is 1. The molecular weight excluding hydrogens is 192 g/mol. The maximum Gasteiger partial charge on any atom is 0.337 e. The highest BCUT2D eigenvalue weighted by atomic mass is 35.5. The molecule has 0 aliphatic heterocycles. The molecule has 0 aromatic heterocycles. The first-order chi connectivity index (χ1) is 6.06. The molecule has 0 aliphatic rings. The van der Waals surface area contributed by atoms with Gasteiger partial charge in [0.25, 0.3) is 0 Å². The van der Waals surface area contributed by atoms with Crippen molar-refractivity contribution in [2.75, 3.05) is 5.73 Å². The summed E-state index contributed by atoms with van der Waals surface area (Å²) < 4.78 is 0. The van der Waals surface area contributed by atoms with Crippen molar-refractivity contribution in [3.8, 4) is 6.07 Å². The standard InChI is InChI=1S/C8H5ClN2O2/c9-4-1-5(8(12)13)6(3-10)7(11)2-4/h1-2H,11H2,(H,12,13). The maximum atomic E-state index is 10.6. The monoisotopic (exact) mass is 196 g/mol. The number of rotatable bonds is 1. The zero-order valence-corrected chi connectivity index (χ0v) is 7.17.